The Kier molecular flexibility index (Phi) is 4.57. The number of rotatable bonds is 5. The molecule has 21 heavy (non-hydrogen) atoms. The lowest BCUT2D eigenvalue weighted by molar-refractivity contribution is 0.167. The van der Waals surface area contributed by atoms with Gasteiger partial charge < -0.3 is 10.4 Å². The van der Waals surface area contributed by atoms with Gasteiger partial charge in [0.05, 0.1) is 6.10 Å². The van der Waals surface area contributed by atoms with Gasteiger partial charge in [-0.25, -0.2) is 0 Å². The first-order valence-corrected chi connectivity index (χ1v) is 8.20. The molecule has 1 aliphatic rings. The second-order valence-electron chi connectivity index (χ2n) is 6.12. The maximum Gasteiger partial charge on any atom is 0.0662 e. The van der Waals surface area contributed by atoms with E-state index >= 15 is 0 Å². The number of nitrogens with one attached hydrogen (secondary N) is 1. The highest BCUT2D eigenvalue weighted by Gasteiger charge is 2.15. The molecule has 1 atom stereocenters. The number of hydrogen-bond acceptors (Lipinski definition) is 2. The van der Waals surface area contributed by atoms with E-state index in [9.17, 15) is 5.11 Å². The Hall–Kier alpha value is -1.38. The van der Waals surface area contributed by atoms with E-state index in [-0.39, 0.29) is 6.10 Å². The molecule has 3 rings (SSSR count). The second-order valence-corrected chi connectivity index (χ2v) is 6.12. The number of aliphatic hydroxyl groups excluding tert-OH is 1. The van der Waals surface area contributed by atoms with E-state index < -0.39 is 0 Å². The summed E-state index contributed by atoms with van der Waals surface area (Å²) in [4.78, 5) is 0. The fourth-order valence-corrected chi connectivity index (χ4v) is 3.37. The lowest BCUT2D eigenvalue weighted by Crippen LogP contribution is -2.26. The van der Waals surface area contributed by atoms with Crippen molar-refractivity contribution >= 4 is 10.8 Å². The third-order valence-corrected chi connectivity index (χ3v) is 4.62. The fraction of sp³-hybridized carbons (Fsp3) is 0.474. The summed E-state index contributed by atoms with van der Waals surface area (Å²) in [6.45, 7) is 3.52. The highest BCUT2D eigenvalue weighted by Crippen LogP contribution is 2.31. The summed E-state index contributed by atoms with van der Waals surface area (Å²) in [5, 5.41) is 15.9. The minimum absolute atomic E-state index is 0.242. The van der Waals surface area contributed by atoms with E-state index in [1.54, 1.807) is 5.56 Å². The molecule has 0 heterocycles. The van der Waals surface area contributed by atoms with Gasteiger partial charge in [-0.1, -0.05) is 37.3 Å². The highest BCUT2D eigenvalue weighted by molar-refractivity contribution is 5.90. The first kappa shape index (κ1) is 14.6. The number of fused-ring (bicyclic) bond motifs is 3. The predicted molar refractivity (Wildman–Crippen MR) is 88.6 cm³/mol. The van der Waals surface area contributed by atoms with Crippen LogP contribution in [0.3, 0.4) is 0 Å². The van der Waals surface area contributed by atoms with Crippen molar-refractivity contribution in [1.82, 2.24) is 5.32 Å². The molecule has 0 amide bonds. The summed E-state index contributed by atoms with van der Waals surface area (Å²) in [6.07, 6.45) is 5.62. The van der Waals surface area contributed by atoms with Crippen molar-refractivity contribution in [2.45, 2.75) is 51.7 Å². The van der Waals surface area contributed by atoms with Crippen LogP contribution in [-0.4, -0.2) is 17.8 Å². The fourth-order valence-electron chi connectivity index (χ4n) is 3.37. The van der Waals surface area contributed by atoms with Gasteiger partial charge in [0.25, 0.3) is 0 Å². The third kappa shape index (κ3) is 3.12. The average Bonchev–Trinajstić information content (AvgIpc) is 2.54. The quantitative estimate of drug-likeness (QED) is 0.879. The van der Waals surface area contributed by atoms with E-state index in [1.165, 1.54) is 47.6 Å². The van der Waals surface area contributed by atoms with Crippen LogP contribution in [0.1, 0.15) is 42.9 Å². The molecule has 1 aliphatic carbocycles. The Morgan fingerprint density at radius 1 is 1.14 bits per heavy atom. The van der Waals surface area contributed by atoms with Gasteiger partial charge in [-0.15, -0.1) is 0 Å². The van der Waals surface area contributed by atoms with Gasteiger partial charge in [0.15, 0.2) is 0 Å². The molecule has 0 spiro atoms. The Morgan fingerprint density at radius 3 is 2.71 bits per heavy atom. The zero-order valence-corrected chi connectivity index (χ0v) is 12.9. The largest absolute Gasteiger partial charge is 0.392 e. The number of benzene rings is 2. The highest BCUT2D eigenvalue weighted by atomic mass is 16.3. The van der Waals surface area contributed by atoms with Gasteiger partial charge in [-0.3, -0.25) is 0 Å². The van der Waals surface area contributed by atoms with Crippen molar-refractivity contribution in [2.24, 2.45) is 0 Å². The summed E-state index contributed by atoms with van der Waals surface area (Å²) in [5.41, 5.74) is 4.47. The van der Waals surface area contributed by atoms with Crippen LogP contribution < -0.4 is 5.32 Å². The monoisotopic (exact) mass is 283 g/mol. The normalized spacial score (nSPS) is 15.9. The van der Waals surface area contributed by atoms with Crippen LogP contribution in [0.5, 0.6) is 0 Å². The van der Waals surface area contributed by atoms with Crippen LogP contribution in [-0.2, 0) is 19.4 Å². The van der Waals surface area contributed by atoms with Gasteiger partial charge in [0.1, 0.15) is 0 Å². The van der Waals surface area contributed by atoms with Crippen LogP contribution in [0.25, 0.3) is 10.8 Å². The van der Waals surface area contributed by atoms with Gasteiger partial charge in [-0.05, 0) is 59.6 Å². The van der Waals surface area contributed by atoms with E-state index in [1.807, 2.05) is 6.92 Å². The third-order valence-electron chi connectivity index (χ3n) is 4.62. The van der Waals surface area contributed by atoms with E-state index in [0.717, 1.165) is 13.0 Å². The molecule has 2 nitrogen and oxygen atoms in total. The first-order chi connectivity index (χ1) is 10.3. The molecule has 2 N–H and O–H groups in total. The topological polar surface area (TPSA) is 32.3 Å². The van der Waals surface area contributed by atoms with E-state index in [0.29, 0.717) is 6.54 Å². The molecule has 0 saturated carbocycles. The summed E-state index contributed by atoms with van der Waals surface area (Å²) < 4.78 is 0. The van der Waals surface area contributed by atoms with Crippen LogP contribution in [0.15, 0.2) is 30.3 Å². The molecule has 0 radical (unpaired) electrons. The van der Waals surface area contributed by atoms with Crippen LogP contribution in [0, 0.1) is 0 Å². The minimum atomic E-state index is -0.242. The molecule has 0 saturated heterocycles. The van der Waals surface area contributed by atoms with Crippen molar-refractivity contribution in [1.29, 1.82) is 0 Å². The zero-order valence-electron chi connectivity index (χ0n) is 12.9. The minimum Gasteiger partial charge on any atom is -0.392 e. The molecular weight excluding hydrogens is 258 g/mol. The zero-order chi connectivity index (χ0) is 14.7. The Labute approximate surface area is 127 Å². The molecule has 0 bridgehead atoms. The molecule has 112 valence electrons. The number of hydrogen-bond donors (Lipinski definition) is 2. The van der Waals surface area contributed by atoms with Crippen molar-refractivity contribution in [3.8, 4) is 0 Å². The lowest BCUT2D eigenvalue weighted by Gasteiger charge is -2.21. The SMILES string of the molecule is CCC(O)CNCc1cc2c(c3ccccc13)CCCC2. The molecule has 0 aliphatic heterocycles. The number of aryl methyl sites for hydroxylation is 2. The summed E-state index contributed by atoms with van der Waals surface area (Å²) in [6, 6.07) is 11.2. The summed E-state index contributed by atoms with van der Waals surface area (Å²) in [7, 11) is 0. The number of aliphatic hydroxyl groups is 1. The smallest absolute Gasteiger partial charge is 0.0662 e. The summed E-state index contributed by atoms with van der Waals surface area (Å²) >= 11 is 0. The first-order valence-electron chi connectivity index (χ1n) is 8.20. The average molecular weight is 283 g/mol. The molecule has 1 unspecified atom stereocenters. The molecule has 2 aromatic rings. The van der Waals surface area contributed by atoms with Crippen molar-refractivity contribution < 1.29 is 5.11 Å². The standard InChI is InChI=1S/C19H25NO/c1-2-16(21)13-20-12-15-11-14-7-3-4-8-17(14)19-10-6-5-9-18(15)19/h5-6,9-11,16,20-21H,2-4,7-8,12-13H2,1H3. The second kappa shape index (κ2) is 6.59. The maximum atomic E-state index is 9.68. The maximum absolute atomic E-state index is 9.68. The van der Waals surface area contributed by atoms with Crippen molar-refractivity contribution in [3.05, 3.63) is 47.0 Å². The van der Waals surface area contributed by atoms with Crippen LogP contribution in [0.2, 0.25) is 0 Å². The molecule has 0 aromatic heterocycles. The molecule has 2 aromatic carbocycles. The molecule has 2 heteroatoms. The van der Waals surface area contributed by atoms with Gasteiger partial charge in [0, 0.05) is 13.1 Å². The molecular formula is C19H25NO. The van der Waals surface area contributed by atoms with Crippen molar-refractivity contribution in [2.75, 3.05) is 6.54 Å². The Balaban J connectivity index is 1.91. The Morgan fingerprint density at radius 2 is 1.90 bits per heavy atom. The van der Waals surface area contributed by atoms with Crippen LogP contribution in [0.4, 0.5) is 0 Å². The van der Waals surface area contributed by atoms with Gasteiger partial charge in [-0.2, -0.15) is 0 Å². The van der Waals surface area contributed by atoms with Crippen LogP contribution >= 0.6 is 0 Å². The van der Waals surface area contributed by atoms with Gasteiger partial charge >= 0.3 is 0 Å². The van der Waals surface area contributed by atoms with Gasteiger partial charge in [0.2, 0.25) is 0 Å². The van der Waals surface area contributed by atoms with E-state index in [4.69, 9.17) is 0 Å². The summed E-state index contributed by atoms with van der Waals surface area (Å²) in [5.74, 6) is 0. The lowest BCUT2D eigenvalue weighted by atomic mass is 9.85. The molecule has 0 fully saturated rings. The predicted octanol–water partition coefficient (Wildman–Crippen LogP) is 3.58. The van der Waals surface area contributed by atoms with Crippen molar-refractivity contribution in [3.63, 3.8) is 0 Å². The van der Waals surface area contributed by atoms with E-state index in [2.05, 4.69) is 35.6 Å². The Bertz CT molecular complexity index is 620.